The van der Waals surface area contributed by atoms with Gasteiger partial charge in [0.2, 0.25) is 0 Å². The Morgan fingerprint density at radius 2 is 1.78 bits per heavy atom. The third kappa shape index (κ3) is 2.28. The van der Waals surface area contributed by atoms with Gasteiger partial charge < -0.3 is 5.11 Å². The number of phenolic OH excluding ortho intramolecular Hbond substituents is 1. The number of aryl methyl sites for hydroxylation is 1. The average molecular weight is 306 g/mol. The molecule has 118 valence electrons. The van der Waals surface area contributed by atoms with Crippen molar-refractivity contribution in [3.63, 3.8) is 0 Å². The van der Waals surface area contributed by atoms with E-state index in [1.165, 1.54) is 11.1 Å². The number of aromatic hydroxyl groups is 1. The molecule has 23 heavy (non-hydrogen) atoms. The molecule has 2 aromatic rings. The first-order chi connectivity index (χ1) is 11.1. The molecule has 2 aromatic carbocycles. The van der Waals surface area contributed by atoms with Crippen LogP contribution in [0.5, 0.6) is 5.75 Å². The van der Waals surface area contributed by atoms with Gasteiger partial charge in [-0.05, 0) is 53.5 Å². The normalized spacial score (nSPS) is 29.7. The van der Waals surface area contributed by atoms with Crippen LogP contribution in [0.25, 0.3) is 0 Å². The van der Waals surface area contributed by atoms with Crippen molar-refractivity contribution in [2.75, 3.05) is 0 Å². The fourth-order valence-electron chi connectivity index (χ4n) is 4.71. The summed E-state index contributed by atoms with van der Waals surface area (Å²) in [5.41, 5.74) is 3.77. The summed E-state index contributed by atoms with van der Waals surface area (Å²) in [4.78, 5) is 12.8. The molecule has 0 aliphatic heterocycles. The zero-order valence-corrected chi connectivity index (χ0v) is 13.5. The van der Waals surface area contributed by atoms with Gasteiger partial charge in [0.1, 0.15) is 11.5 Å². The summed E-state index contributed by atoms with van der Waals surface area (Å²) >= 11 is 0. The zero-order chi connectivity index (χ0) is 16.0. The smallest absolute Gasteiger partial charge is 0.140 e. The lowest BCUT2D eigenvalue weighted by Crippen LogP contribution is -2.42. The maximum Gasteiger partial charge on any atom is 0.140 e. The Labute approximate surface area is 137 Å². The van der Waals surface area contributed by atoms with Crippen molar-refractivity contribution in [1.29, 1.82) is 0 Å². The molecule has 1 fully saturated rings. The lowest BCUT2D eigenvalue weighted by atomic mass is 9.54. The maximum atomic E-state index is 12.8. The van der Waals surface area contributed by atoms with E-state index < -0.39 is 0 Å². The summed E-state index contributed by atoms with van der Waals surface area (Å²) in [6, 6.07) is 15.9. The summed E-state index contributed by atoms with van der Waals surface area (Å²) in [5.74, 6) is 0.847. The predicted molar refractivity (Wildman–Crippen MR) is 90.7 cm³/mol. The van der Waals surface area contributed by atoms with E-state index in [1.54, 1.807) is 6.07 Å². The predicted octanol–water partition coefficient (Wildman–Crippen LogP) is 4.58. The highest BCUT2D eigenvalue weighted by molar-refractivity contribution is 5.88. The molecule has 0 bridgehead atoms. The van der Waals surface area contributed by atoms with Crippen LogP contribution in [0.1, 0.15) is 54.7 Å². The van der Waals surface area contributed by atoms with Crippen molar-refractivity contribution in [3.05, 3.63) is 65.2 Å². The van der Waals surface area contributed by atoms with Gasteiger partial charge >= 0.3 is 0 Å². The fraction of sp³-hybridized carbons (Fsp3) is 0.381. The van der Waals surface area contributed by atoms with Crippen LogP contribution >= 0.6 is 0 Å². The van der Waals surface area contributed by atoms with Gasteiger partial charge in [-0.1, -0.05) is 43.3 Å². The van der Waals surface area contributed by atoms with Crippen LogP contribution in [0, 0.1) is 5.41 Å². The summed E-state index contributed by atoms with van der Waals surface area (Å²) < 4.78 is 0. The minimum atomic E-state index is -0.0569. The second-order valence-corrected chi connectivity index (χ2v) is 7.37. The highest BCUT2D eigenvalue weighted by atomic mass is 16.3. The Bertz CT molecular complexity index is 750. The van der Waals surface area contributed by atoms with Crippen LogP contribution < -0.4 is 0 Å². The van der Waals surface area contributed by atoms with Gasteiger partial charge in [0.05, 0.1) is 5.92 Å². The van der Waals surface area contributed by atoms with Gasteiger partial charge in [-0.3, -0.25) is 4.79 Å². The van der Waals surface area contributed by atoms with Crippen LogP contribution in [0.2, 0.25) is 0 Å². The van der Waals surface area contributed by atoms with E-state index in [1.807, 2.05) is 30.3 Å². The number of carbonyl (C=O) groups is 1. The van der Waals surface area contributed by atoms with E-state index in [9.17, 15) is 9.90 Å². The lowest BCUT2D eigenvalue weighted by molar-refractivity contribution is -0.125. The molecule has 1 N–H and O–H groups in total. The minimum absolute atomic E-state index is 0.0569. The summed E-state index contributed by atoms with van der Waals surface area (Å²) in [6.45, 7) is 2.34. The highest BCUT2D eigenvalue weighted by Crippen LogP contribution is 2.58. The highest BCUT2D eigenvalue weighted by Gasteiger charge is 2.49. The zero-order valence-electron chi connectivity index (χ0n) is 13.5. The van der Waals surface area contributed by atoms with Crippen LogP contribution in [-0.2, 0) is 11.2 Å². The van der Waals surface area contributed by atoms with Gasteiger partial charge in [-0.2, -0.15) is 0 Å². The summed E-state index contributed by atoms with van der Waals surface area (Å²) in [5, 5.41) is 9.82. The van der Waals surface area contributed by atoms with Crippen LogP contribution in [0.15, 0.2) is 48.5 Å². The molecule has 0 saturated heterocycles. The number of Topliss-reactive ketones (excluding diaryl/α,β-unsaturated/α-hetero) is 1. The number of ketones is 1. The second-order valence-electron chi connectivity index (χ2n) is 7.37. The Hall–Kier alpha value is -2.09. The molecule has 0 heterocycles. The third-order valence-corrected chi connectivity index (χ3v) is 5.96. The van der Waals surface area contributed by atoms with E-state index in [0.717, 1.165) is 24.8 Å². The number of phenols is 1. The number of benzene rings is 2. The van der Waals surface area contributed by atoms with Gasteiger partial charge in [0.25, 0.3) is 0 Å². The molecular formula is C21H22O2. The largest absolute Gasteiger partial charge is 0.508 e. The second kappa shape index (κ2) is 5.23. The summed E-state index contributed by atoms with van der Waals surface area (Å²) in [6.07, 6.45) is 3.73. The SMILES string of the molecule is C[C@]12CCC(=O)[C@@H](c3ccccc3)[C@@H]1c1ccc(O)cc1CC2. The van der Waals surface area contributed by atoms with Crippen molar-refractivity contribution in [1.82, 2.24) is 0 Å². The van der Waals surface area contributed by atoms with E-state index in [4.69, 9.17) is 0 Å². The van der Waals surface area contributed by atoms with E-state index in [0.29, 0.717) is 18.0 Å². The Balaban J connectivity index is 1.88. The molecule has 2 aliphatic carbocycles. The Morgan fingerprint density at radius 1 is 1.04 bits per heavy atom. The minimum Gasteiger partial charge on any atom is -0.508 e. The molecule has 1 saturated carbocycles. The van der Waals surface area contributed by atoms with Gasteiger partial charge in [0, 0.05) is 12.3 Å². The topological polar surface area (TPSA) is 37.3 Å². The number of carbonyl (C=O) groups excluding carboxylic acids is 1. The maximum absolute atomic E-state index is 12.8. The Kier molecular flexibility index (Phi) is 3.29. The molecule has 0 amide bonds. The number of hydrogen-bond acceptors (Lipinski definition) is 2. The molecule has 0 radical (unpaired) electrons. The molecule has 2 nitrogen and oxygen atoms in total. The molecular weight excluding hydrogens is 284 g/mol. The first-order valence-corrected chi connectivity index (χ1v) is 8.48. The van der Waals surface area contributed by atoms with Gasteiger partial charge in [0.15, 0.2) is 0 Å². The monoisotopic (exact) mass is 306 g/mol. The first-order valence-electron chi connectivity index (χ1n) is 8.48. The fourth-order valence-corrected chi connectivity index (χ4v) is 4.71. The van der Waals surface area contributed by atoms with E-state index in [2.05, 4.69) is 19.1 Å². The van der Waals surface area contributed by atoms with Crippen LogP contribution in [-0.4, -0.2) is 10.9 Å². The van der Waals surface area contributed by atoms with E-state index in [-0.39, 0.29) is 17.3 Å². The summed E-state index contributed by atoms with van der Waals surface area (Å²) in [7, 11) is 0. The Morgan fingerprint density at radius 3 is 2.57 bits per heavy atom. The van der Waals surface area contributed by atoms with Crippen molar-refractivity contribution < 1.29 is 9.90 Å². The molecule has 3 atom stereocenters. The number of rotatable bonds is 1. The molecule has 4 rings (SSSR count). The third-order valence-electron chi connectivity index (χ3n) is 5.96. The standard InChI is InChI=1S/C21H22O2/c1-21-11-9-15-13-16(22)7-8-17(15)20(21)19(18(23)10-12-21)14-5-3-2-4-6-14/h2-8,13,19-20,22H,9-12H2,1H3/t19-,20+,21+/m1/s1. The first kappa shape index (κ1) is 14.5. The molecule has 2 heteroatoms. The van der Waals surface area contributed by atoms with Gasteiger partial charge in [-0.25, -0.2) is 0 Å². The number of hydrogen-bond donors (Lipinski definition) is 1. The quantitative estimate of drug-likeness (QED) is 0.837. The average Bonchev–Trinajstić information content (AvgIpc) is 2.56. The number of fused-ring (bicyclic) bond motifs is 3. The van der Waals surface area contributed by atoms with Crippen molar-refractivity contribution >= 4 is 5.78 Å². The van der Waals surface area contributed by atoms with Crippen molar-refractivity contribution in [2.24, 2.45) is 5.41 Å². The lowest BCUT2D eigenvalue weighted by Gasteiger charge is -2.49. The van der Waals surface area contributed by atoms with Crippen molar-refractivity contribution in [3.8, 4) is 5.75 Å². The van der Waals surface area contributed by atoms with Crippen LogP contribution in [0.4, 0.5) is 0 Å². The molecule has 0 unspecified atom stereocenters. The van der Waals surface area contributed by atoms with Crippen LogP contribution in [0.3, 0.4) is 0 Å². The molecule has 0 aromatic heterocycles. The van der Waals surface area contributed by atoms with Crippen molar-refractivity contribution in [2.45, 2.75) is 44.4 Å². The van der Waals surface area contributed by atoms with E-state index >= 15 is 0 Å². The molecule has 0 spiro atoms. The molecule has 2 aliphatic rings. The van der Waals surface area contributed by atoms with Gasteiger partial charge in [-0.15, -0.1) is 0 Å².